The van der Waals surface area contributed by atoms with Gasteiger partial charge in [-0.1, -0.05) is 12.1 Å². The number of hydrogen-bond acceptors (Lipinski definition) is 3. The number of aryl methyl sites for hydroxylation is 1. The van der Waals surface area contributed by atoms with Crippen LogP contribution in [-0.4, -0.2) is 15.5 Å². The van der Waals surface area contributed by atoms with Gasteiger partial charge < -0.3 is 5.32 Å². The molecule has 0 saturated carbocycles. The van der Waals surface area contributed by atoms with Gasteiger partial charge in [0, 0.05) is 7.05 Å². The lowest BCUT2D eigenvalue weighted by molar-refractivity contribution is 0.601. The molecule has 2 aromatic rings. The summed E-state index contributed by atoms with van der Waals surface area (Å²) in [6.07, 6.45) is 0. The Kier molecular flexibility index (Phi) is 4.53. The van der Waals surface area contributed by atoms with Crippen LogP contribution in [0.1, 0.15) is 5.56 Å². The highest BCUT2D eigenvalue weighted by atomic mass is 79.9. The Bertz CT molecular complexity index is 779. The van der Waals surface area contributed by atoms with Crippen LogP contribution in [-0.2, 0) is 10.0 Å². The van der Waals surface area contributed by atoms with E-state index in [0.29, 0.717) is 15.7 Å². The molecule has 0 saturated heterocycles. The van der Waals surface area contributed by atoms with Crippen molar-refractivity contribution in [1.29, 1.82) is 0 Å². The van der Waals surface area contributed by atoms with Crippen molar-refractivity contribution in [2.75, 3.05) is 17.1 Å². The number of halogens is 2. The maximum absolute atomic E-state index is 13.6. The first-order valence-corrected chi connectivity index (χ1v) is 8.38. The highest BCUT2D eigenvalue weighted by Gasteiger charge is 2.19. The zero-order chi connectivity index (χ0) is 15.6. The lowest BCUT2D eigenvalue weighted by Gasteiger charge is -2.14. The molecular formula is C14H14BrFN2O2S. The number of nitrogens with one attached hydrogen (secondary N) is 2. The fourth-order valence-corrected chi connectivity index (χ4v) is 3.66. The molecule has 0 aliphatic heterocycles. The topological polar surface area (TPSA) is 58.2 Å². The van der Waals surface area contributed by atoms with Crippen molar-refractivity contribution in [2.45, 2.75) is 11.8 Å². The summed E-state index contributed by atoms with van der Waals surface area (Å²) >= 11 is 3.07. The number of hydrogen-bond donors (Lipinski definition) is 2. The van der Waals surface area contributed by atoms with Crippen molar-refractivity contribution >= 4 is 37.3 Å². The first-order chi connectivity index (χ1) is 9.85. The number of anilines is 2. The summed E-state index contributed by atoms with van der Waals surface area (Å²) < 4.78 is 41.2. The first-order valence-electron chi connectivity index (χ1n) is 6.10. The lowest BCUT2D eigenvalue weighted by atomic mass is 10.2. The minimum Gasteiger partial charge on any atom is -0.387 e. The predicted octanol–water partition coefficient (Wildman–Crippen LogP) is 3.74. The summed E-state index contributed by atoms with van der Waals surface area (Å²) in [7, 11) is -2.16. The van der Waals surface area contributed by atoms with Crippen LogP contribution in [0, 0.1) is 12.7 Å². The molecule has 7 heteroatoms. The molecule has 0 unspecified atom stereocenters. The van der Waals surface area contributed by atoms with E-state index in [-0.39, 0.29) is 10.6 Å². The maximum atomic E-state index is 13.6. The molecule has 0 radical (unpaired) electrons. The largest absolute Gasteiger partial charge is 0.387 e. The van der Waals surface area contributed by atoms with Crippen LogP contribution in [0.15, 0.2) is 45.8 Å². The van der Waals surface area contributed by atoms with Crippen molar-refractivity contribution < 1.29 is 12.8 Å². The van der Waals surface area contributed by atoms with Crippen molar-refractivity contribution in [1.82, 2.24) is 0 Å². The van der Waals surface area contributed by atoms with Crippen LogP contribution in [0.2, 0.25) is 0 Å². The van der Waals surface area contributed by atoms with Crippen molar-refractivity contribution in [3.63, 3.8) is 0 Å². The van der Waals surface area contributed by atoms with Crippen LogP contribution in [0.25, 0.3) is 0 Å². The molecule has 112 valence electrons. The molecule has 0 spiro atoms. The van der Waals surface area contributed by atoms with Gasteiger partial charge in [-0.05, 0) is 52.7 Å². The van der Waals surface area contributed by atoms with E-state index in [2.05, 4.69) is 26.0 Å². The van der Waals surface area contributed by atoms with E-state index in [1.54, 1.807) is 32.2 Å². The van der Waals surface area contributed by atoms with E-state index < -0.39 is 15.8 Å². The predicted molar refractivity (Wildman–Crippen MR) is 85.6 cm³/mol. The van der Waals surface area contributed by atoms with Crippen LogP contribution < -0.4 is 10.0 Å². The van der Waals surface area contributed by atoms with E-state index in [1.165, 1.54) is 12.1 Å². The average molecular weight is 373 g/mol. The second kappa shape index (κ2) is 6.03. The Morgan fingerprint density at radius 1 is 1.14 bits per heavy atom. The van der Waals surface area contributed by atoms with E-state index in [4.69, 9.17) is 0 Å². The number of sulfonamides is 1. The second-order valence-electron chi connectivity index (χ2n) is 4.43. The molecule has 4 nitrogen and oxygen atoms in total. The number of para-hydroxylation sites is 1. The van der Waals surface area contributed by atoms with Crippen molar-refractivity contribution in [3.8, 4) is 0 Å². The van der Waals surface area contributed by atoms with Gasteiger partial charge in [0.25, 0.3) is 10.0 Å². The van der Waals surface area contributed by atoms with Gasteiger partial charge in [-0.25, -0.2) is 12.8 Å². The fourth-order valence-electron chi connectivity index (χ4n) is 1.86. The summed E-state index contributed by atoms with van der Waals surface area (Å²) in [5.74, 6) is -0.528. The van der Waals surface area contributed by atoms with Crippen molar-refractivity contribution in [2.24, 2.45) is 0 Å². The lowest BCUT2D eigenvalue weighted by Crippen LogP contribution is -2.15. The standard InChI is InChI=1S/C14H14BrFN2O2S/c1-9-7-10(15)11(16)8-13(9)18-21(19,20)14-6-4-3-5-12(14)17-2/h3-8,17-18H,1-2H3. The Hall–Kier alpha value is -1.60. The Labute approximate surface area is 131 Å². The smallest absolute Gasteiger partial charge is 0.263 e. The van der Waals surface area contributed by atoms with Gasteiger partial charge >= 0.3 is 0 Å². The molecule has 0 aromatic heterocycles. The minimum atomic E-state index is -3.80. The summed E-state index contributed by atoms with van der Waals surface area (Å²) in [5.41, 5.74) is 1.30. The highest BCUT2D eigenvalue weighted by Crippen LogP contribution is 2.28. The van der Waals surface area contributed by atoms with Gasteiger partial charge in [-0.15, -0.1) is 0 Å². The molecule has 0 amide bonds. The van der Waals surface area contributed by atoms with E-state index in [0.717, 1.165) is 6.07 Å². The SMILES string of the molecule is CNc1ccccc1S(=O)(=O)Nc1cc(F)c(Br)cc1C. The zero-order valence-electron chi connectivity index (χ0n) is 11.4. The van der Waals surface area contributed by atoms with Crippen LogP contribution in [0.4, 0.5) is 15.8 Å². The van der Waals surface area contributed by atoms with Crippen LogP contribution >= 0.6 is 15.9 Å². The third-order valence-corrected chi connectivity index (χ3v) is 4.99. The van der Waals surface area contributed by atoms with Gasteiger partial charge in [-0.2, -0.15) is 0 Å². The third-order valence-electron chi connectivity index (χ3n) is 2.96. The number of rotatable bonds is 4. The van der Waals surface area contributed by atoms with Gasteiger partial charge in [0.1, 0.15) is 10.7 Å². The normalized spacial score (nSPS) is 11.2. The molecular weight excluding hydrogens is 359 g/mol. The van der Waals surface area contributed by atoms with E-state index >= 15 is 0 Å². The molecule has 0 aliphatic carbocycles. The molecule has 0 bridgehead atoms. The average Bonchev–Trinajstić information content (AvgIpc) is 2.44. The molecule has 0 aliphatic rings. The quantitative estimate of drug-likeness (QED) is 0.859. The Morgan fingerprint density at radius 3 is 2.48 bits per heavy atom. The molecule has 0 atom stereocenters. The van der Waals surface area contributed by atoms with Crippen LogP contribution in [0.5, 0.6) is 0 Å². The first kappa shape index (κ1) is 15.8. The Morgan fingerprint density at radius 2 is 1.81 bits per heavy atom. The second-order valence-corrected chi connectivity index (χ2v) is 6.94. The summed E-state index contributed by atoms with van der Waals surface area (Å²) in [5, 5.41) is 2.82. The molecule has 21 heavy (non-hydrogen) atoms. The molecule has 0 fully saturated rings. The van der Waals surface area contributed by atoms with Gasteiger partial charge in [0.05, 0.1) is 15.8 Å². The zero-order valence-corrected chi connectivity index (χ0v) is 13.8. The minimum absolute atomic E-state index is 0.107. The number of benzene rings is 2. The molecule has 2 N–H and O–H groups in total. The molecule has 0 heterocycles. The van der Waals surface area contributed by atoms with E-state index in [9.17, 15) is 12.8 Å². The summed E-state index contributed by atoms with van der Waals surface area (Å²) in [6.45, 7) is 1.70. The van der Waals surface area contributed by atoms with Crippen LogP contribution in [0.3, 0.4) is 0 Å². The Balaban J connectivity index is 2.45. The summed E-state index contributed by atoms with van der Waals surface area (Å²) in [6, 6.07) is 9.18. The molecule has 2 rings (SSSR count). The van der Waals surface area contributed by atoms with Crippen molar-refractivity contribution in [3.05, 3.63) is 52.3 Å². The monoisotopic (exact) mass is 372 g/mol. The van der Waals surface area contributed by atoms with Gasteiger partial charge in [-0.3, -0.25) is 4.72 Å². The maximum Gasteiger partial charge on any atom is 0.263 e. The third kappa shape index (κ3) is 3.36. The highest BCUT2D eigenvalue weighted by molar-refractivity contribution is 9.10. The van der Waals surface area contributed by atoms with Gasteiger partial charge in [0.2, 0.25) is 0 Å². The molecule has 2 aromatic carbocycles. The van der Waals surface area contributed by atoms with E-state index in [1.807, 2.05) is 0 Å². The summed E-state index contributed by atoms with van der Waals surface area (Å²) in [4.78, 5) is 0.107. The fraction of sp³-hybridized carbons (Fsp3) is 0.143. The van der Waals surface area contributed by atoms with Gasteiger partial charge in [0.15, 0.2) is 0 Å².